The van der Waals surface area contributed by atoms with Crippen LogP contribution < -0.4 is 10.0 Å². The number of aromatic nitrogens is 2. The summed E-state index contributed by atoms with van der Waals surface area (Å²) < 4.78 is 34.5. The Balaban J connectivity index is 1.88. The van der Waals surface area contributed by atoms with E-state index in [0.29, 0.717) is 22.8 Å². The average molecular weight is 442 g/mol. The standard InChI is InChI=1S/C21H22N4O5S/c1-13-5-6-16(21(27)30-4)12-19(13)31(28,29)24-17-7-9-18(10-8-17)25-20(22-15(3)26)11-14(2)23-25/h5-12,24H,1-4H3,(H,22,26). The number of carbonyl (C=O) groups excluding carboxylic acids is 2. The lowest BCUT2D eigenvalue weighted by Crippen LogP contribution is -2.15. The number of anilines is 2. The Hall–Kier alpha value is -3.66. The van der Waals surface area contributed by atoms with Crippen molar-refractivity contribution in [2.45, 2.75) is 25.7 Å². The Kier molecular flexibility index (Phi) is 6.11. The third-order valence-corrected chi connectivity index (χ3v) is 5.92. The fourth-order valence-corrected chi connectivity index (χ4v) is 4.31. The molecule has 0 aliphatic rings. The minimum atomic E-state index is -3.94. The van der Waals surface area contributed by atoms with Gasteiger partial charge in [0.15, 0.2) is 0 Å². The van der Waals surface area contributed by atoms with Gasteiger partial charge in [-0.05, 0) is 55.8 Å². The number of nitrogens with zero attached hydrogens (tertiary/aromatic N) is 2. The van der Waals surface area contributed by atoms with Gasteiger partial charge in [0.25, 0.3) is 10.0 Å². The van der Waals surface area contributed by atoms with E-state index in [1.165, 1.54) is 26.2 Å². The number of benzene rings is 2. The zero-order valence-corrected chi connectivity index (χ0v) is 18.3. The van der Waals surface area contributed by atoms with Crippen molar-refractivity contribution in [3.63, 3.8) is 0 Å². The number of hydrogen-bond donors (Lipinski definition) is 2. The largest absolute Gasteiger partial charge is 0.465 e. The highest BCUT2D eigenvalue weighted by Gasteiger charge is 2.20. The average Bonchev–Trinajstić information content (AvgIpc) is 3.07. The van der Waals surface area contributed by atoms with Crippen molar-refractivity contribution < 1.29 is 22.7 Å². The topological polar surface area (TPSA) is 119 Å². The number of rotatable bonds is 6. The third-order valence-electron chi connectivity index (χ3n) is 4.40. The molecule has 0 unspecified atom stereocenters. The fraction of sp³-hybridized carbons (Fsp3) is 0.190. The molecule has 2 N–H and O–H groups in total. The molecule has 0 bridgehead atoms. The molecule has 1 heterocycles. The molecule has 1 amide bonds. The van der Waals surface area contributed by atoms with Gasteiger partial charge in [0.2, 0.25) is 5.91 Å². The summed E-state index contributed by atoms with van der Waals surface area (Å²) in [4.78, 5) is 23.1. The highest BCUT2D eigenvalue weighted by Crippen LogP contribution is 2.23. The second-order valence-corrected chi connectivity index (χ2v) is 8.54. The molecule has 9 nitrogen and oxygen atoms in total. The van der Waals surface area contributed by atoms with Crippen LogP contribution in [0.5, 0.6) is 0 Å². The van der Waals surface area contributed by atoms with Crippen LogP contribution in [0, 0.1) is 13.8 Å². The predicted molar refractivity (Wildman–Crippen MR) is 116 cm³/mol. The van der Waals surface area contributed by atoms with Gasteiger partial charge in [-0.3, -0.25) is 9.52 Å². The van der Waals surface area contributed by atoms with E-state index in [9.17, 15) is 18.0 Å². The summed E-state index contributed by atoms with van der Waals surface area (Å²) in [5, 5.41) is 7.06. The Labute approximate surface area is 180 Å². The van der Waals surface area contributed by atoms with Crippen molar-refractivity contribution in [3.8, 4) is 5.69 Å². The van der Waals surface area contributed by atoms with Crippen LogP contribution in [0.2, 0.25) is 0 Å². The molecule has 3 rings (SSSR count). The lowest BCUT2D eigenvalue weighted by atomic mass is 10.1. The predicted octanol–water partition coefficient (Wildman–Crippen LogP) is 3.03. The first-order valence-corrected chi connectivity index (χ1v) is 10.8. The maximum Gasteiger partial charge on any atom is 0.337 e. The summed E-state index contributed by atoms with van der Waals surface area (Å²) in [7, 11) is -2.71. The summed E-state index contributed by atoms with van der Waals surface area (Å²) in [6.45, 7) is 4.85. The van der Waals surface area contributed by atoms with Crippen LogP contribution in [0.1, 0.15) is 28.5 Å². The number of carbonyl (C=O) groups is 2. The second kappa shape index (κ2) is 8.60. The van der Waals surface area contributed by atoms with E-state index in [-0.39, 0.29) is 16.4 Å². The van der Waals surface area contributed by atoms with E-state index < -0.39 is 16.0 Å². The summed E-state index contributed by atoms with van der Waals surface area (Å²) in [5.74, 6) is -0.339. The molecule has 3 aromatic rings. The fourth-order valence-electron chi connectivity index (χ4n) is 2.98. The van der Waals surface area contributed by atoms with E-state index in [1.807, 2.05) is 0 Å². The van der Waals surface area contributed by atoms with Crippen molar-refractivity contribution in [1.29, 1.82) is 0 Å². The molecule has 0 fully saturated rings. The smallest absolute Gasteiger partial charge is 0.337 e. The van der Waals surface area contributed by atoms with Gasteiger partial charge in [-0.2, -0.15) is 5.10 Å². The lowest BCUT2D eigenvalue weighted by molar-refractivity contribution is -0.114. The maximum absolute atomic E-state index is 12.9. The zero-order chi connectivity index (χ0) is 22.8. The number of aryl methyl sites for hydroxylation is 2. The van der Waals surface area contributed by atoms with Crippen LogP contribution >= 0.6 is 0 Å². The van der Waals surface area contributed by atoms with Gasteiger partial charge in [0.1, 0.15) is 5.82 Å². The molecule has 1 aromatic heterocycles. The number of nitrogens with one attached hydrogen (secondary N) is 2. The molecule has 0 aliphatic carbocycles. The highest BCUT2D eigenvalue weighted by molar-refractivity contribution is 7.92. The molecule has 0 atom stereocenters. The van der Waals surface area contributed by atoms with E-state index in [1.54, 1.807) is 54.9 Å². The normalized spacial score (nSPS) is 11.1. The minimum Gasteiger partial charge on any atom is -0.465 e. The monoisotopic (exact) mass is 442 g/mol. The van der Waals surface area contributed by atoms with Gasteiger partial charge in [-0.25, -0.2) is 17.9 Å². The summed E-state index contributed by atoms with van der Waals surface area (Å²) in [6, 6.07) is 12.6. The molecule has 2 aromatic carbocycles. The first-order chi connectivity index (χ1) is 14.6. The second-order valence-electron chi connectivity index (χ2n) is 6.89. The van der Waals surface area contributed by atoms with Crippen LogP contribution in [0.15, 0.2) is 53.4 Å². The Morgan fingerprint density at radius 1 is 1.03 bits per heavy atom. The van der Waals surface area contributed by atoms with Crippen molar-refractivity contribution in [2.75, 3.05) is 17.1 Å². The molecule has 0 spiro atoms. The summed E-state index contributed by atoms with van der Waals surface area (Å²) in [5.41, 5.74) is 2.32. The number of sulfonamides is 1. The molecule has 0 radical (unpaired) electrons. The first kappa shape index (κ1) is 22.0. The van der Waals surface area contributed by atoms with Crippen molar-refractivity contribution >= 4 is 33.4 Å². The molecular formula is C21H22N4O5S. The summed E-state index contributed by atoms with van der Waals surface area (Å²) >= 11 is 0. The van der Waals surface area contributed by atoms with Crippen molar-refractivity contribution in [3.05, 3.63) is 65.4 Å². The first-order valence-electron chi connectivity index (χ1n) is 9.27. The van der Waals surface area contributed by atoms with Crippen LogP contribution in [-0.2, 0) is 19.6 Å². The number of esters is 1. The van der Waals surface area contributed by atoms with Gasteiger partial charge < -0.3 is 10.1 Å². The van der Waals surface area contributed by atoms with Crippen LogP contribution in [0.3, 0.4) is 0 Å². The van der Waals surface area contributed by atoms with Crippen LogP contribution in [0.4, 0.5) is 11.5 Å². The summed E-state index contributed by atoms with van der Waals surface area (Å²) in [6.07, 6.45) is 0. The molecule has 0 saturated carbocycles. The number of methoxy groups -OCH3 is 1. The van der Waals surface area contributed by atoms with Gasteiger partial charge in [0, 0.05) is 18.7 Å². The van der Waals surface area contributed by atoms with Crippen molar-refractivity contribution in [2.24, 2.45) is 0 Å². The van der Waals surface area contributed by atoms with E-state index in [4.69, 9.17) is 0 Å². The van der Waals surface area contributed by atoms with Gasteiger partial charge in [-0.15, -0.1) is 0 Å². The quantitative estimate of drug-likeness (QED) is 0.566. The molecule has 31 heavy (non-hydrogen) atoms. The van der Waals surface area contributed by atoms with E-state index >= 15 is 0 Å². The van der Waals surface area contributed by atoms with Crippen molar-refractivity contribution in [1.82, 2.24) is 9.78 Å². The molecule has 0 saturated heterocycles. The number of hydrogen-bond acceptors (Lipinski definition) is 6. The van der Waals surface area contributed by atoms with E-state index in [2.05, 4.69) is 19.9 Å². The minimum absolute atomic E-state index is 0.0184. The van der Waals surface area contributed by atoms with Gasteiger partial charge in [-0.1, -0.05) is 6.07 Å². The SMILES string of the molecule is COC(=O)c1ccc(C)c(S(=O)(=O)Nc2ccc(-n3nc(C)cc3NC(C)=O)cc2)c1. The Bertz CT molecular complexity index is 1250. The highest BCUT2D eigenvalue weighted by atomic mass is 32.2. The lowest BCUT2D eigenvalue weighted by Gasteiger charge is -2.13. The van der Waals surface area contributed by atoms with Gasteiger partial charge in [0.05, 0.1) is 29.0 Å². The number of ether oxygens (including phenoxy) is 1. The molecule has 10 heteroatoms. The molecule has 0 aliphatic heterocycles. The Morgan fingerprint density at radius 3 is 2.32 bits per heavy atom. The number of amides is 1. The molecule has 162 valence electrons. The maximum atomic E-state index is 12.9. The van der Waals surface area contributed by atoms with E-state index in [0.717, 1.165) is 5.69 Å². The third kappa shape index (κ3) is 4.92. The van der Waals surface area contributed by atoms with Crippen LogP contribution in [-0.4, -0.2) is 37.2 Å². The Morgan fingerprint density at radius 2 is 1.71 bits per heavy atom. The molecular weight excluding hydrogens is 420 g/mol. The zero-order valence-electron chi connectivity index (χ0n) is 17.5. The van der Waals surface area contributed by atoms with Gasteiger partial charge >= 0.3 is 5.97 Å². The van der Waals surface area contributed by atoms with Crippen LogP contribution in [0.25, 0.3) is 5.69 Å².